The summed E-state index contributed by atoms with van der Waals surface area (Å²) in [5.41, 5.74) is 9.89. The fraction of sp³-hybridized carbons (Fsp3) is 0.250. The van der Waals surface area contributed by atoms with Crippen molar-refractivity contribution in [3.8, 4) is 11.1 Å². The molecule has 0 aliphatic carbocycles. The van der Waals surface area contributed by atoms with Crippen molar-refractivity contribution in [1.29, 1.82) is 0 Å². The molecule has 3 aromatic heterocycles. The summed E-state index contributed by atoms with van der Waals surface area (Å²) in [7, 11) is 0. The van der Waals surface area contributed by atoms with Gasteiger partial charge in [0, 0.05) is 17.3 Å². The van der Waals surface area contributed by atoms with Crippen LogP contribution in [0.3, 0.4) is 0 Å². The summed E-state index contributed by atoms with van der Waals surface area (Å²) in [5.74, 6) is 1.51. The lowest BCUT2D eigenvalue weighted by molar-refractivity contribution is 0.393. The summed E-state index contributed by atoms with van der Waals surface area (Å²) >= 11 is 0. The number of aryl methyl sites for hydroxylation is 2. The molecule has 0 radical (unpaired) electrons. The number of nitrogens with one attached hydrogen (secondary N) is 1. The van der Waals surface area contributed by atoms with Gasteiger partial charge in [-0.15, -0.1) is 0 Å². The highest BCUT2D eigenvalue weighted by Gasteiger charge is 2.13. The van der Waals surface area contributed by atoms with Crippen molar-refractivity contribution in [1.82, 2.24) is 20.1 Å². The summed E-state index contributed by atoms with van der Waals surface area (Å²) in [6, 6.07) is 1.99. The van der Waals surface area contributed by atoms with Gasteiger partial charge in [0.1, 0.15) is 11.6 Å². The van der Waals surface area contributed by atoms with E-state index in [1.165, 1.54) is 0 Å². The molecular formula is C12H13N5O. The van der Waals surface area contributed by atoms with E-state index in [0.29, 0.717) is 12.2 Å². The van der Waals surface area contributed by atoms with E-state index in [9.17, 15) is 0 Å². The van der Waals surface area contributed by atoms with Crippen LogP contribution in [0.4, 0.5) is 0 Å². The van der Waals surface area contributed by atoms with Crippen LogP contribution in [0.5, 0.6) is 0 Å². The molecule has 3 rings (SSSR count). The van der Waals surface area contributed by atoms with Crippen molar-refractivity contribution in [2.45, 2.75) is 20.4 Å². The minimum Gasteiger partial charge on any atom is -0.361 e. The Morgan fingerprint density at radius 3 is 2.89 bits per heavy atom. The number of nitrogens with zero attached hydrogens (tertiary/aromatic N) is 3. The molecule has 0 saturated carbocycles. The molecule has 0 aliphatic rings. The van der Waals surface area contributed by atoms with E-state index >= 15 is 0 Å². The number of hydrogen-bond donors (Lipinski definition) is 2. The van der Waals surface area contributed by atoms with Crippen molar-refractivity contribution in [3.63, 3.8) is 0 Å². The summed E-state index contributed by atoms with van der Waals surface area (Å²) in [5, 5.41) is 3.95. The van der Waals surface area contributed by atoms with Gasteiger partial charge in [0.05, 0.1) is 17.8 Å². The standard InChI is InChI=1S/C12H13N5O/c1-6-11(7(2)18-17-6)8-3-9-12(14-5-8)16-10(4-13)15-9/h3,5H,4,13H2,1-2H3,(H,14,15,16). The first kappa shape index (κ1) is 10.9. The van der Waals surface area contributed by atoms with E-state index in [1.807, 2.05) is 19.9 Å². The average Bonchev–Trinajstić information content (AvgIpc) is 2.92. The number of imidazole rings is 1. The van der Waals surface area contributed by atoms with Crippen molar-refractivity contribution in [2.24, 2.45) is 5.73 Å². The molecule has 0 aromatic carbocycles. The van der Waals surface area contributed by atoms with Crippen LogP contribution < -0.4 is 5.73 Å². The first-order chi connectivity index (χ1) is 8.69. The first-order valence-electron chi connectivity index (χ1n) is 5.67. The van der Waals surface area contributed by atoms with E-state index < -0.39 is 0 Å². The fourth-order valence-electron chi connectivity index (χ4n) is 2.08. The van der Waals surface area contributed by atoms with Crippen LogP contribution in [0, 0.1) is 13.8 Å². The number of fused-ring (bicyclic) bond motifs is 1. The van der Waals surface area contributed by atoms with Crippen LogP contribution >= 0.6 is 0 Å². The fourth-order valence-corrected chi connectivity index (χ4v) is 2.08. The van der Waals surface area contributed by atoms with Gasteiger partial charge in [-0.2, -0.15) is 0 Å². The normalized spacial score (nSPS) is 11.3. The van der Waals surface area contributed by atoms with E-state index in [4.69, 9.17) is 10.3 Å². The molecule has 0 fully saturated rings. The van der Waals surface area contributed by atoms with Crippen molar-refractivity contribution in [2.75, 3.05) is 0 Å². The molecule has 3 N–H and O–H groups in total. The van der Waals surface area contributed by atoms with E-state index in [-0.39, 0.29) is 0 Å². The van der Waals surface area contributed by atoms with Crippen molar-refractivity contribution >= 4 is 11.2 Å². The van der Waals surface area contributed by atoms with Crippen LogP contribution in [0.2, 0.25) is 0 Å². The molecule has 0 atom stereocenters. The average molecular weight is 243 g/mol. The lowest BCUT2D eigenvalue weighted by atomic mass is 10.1. The molecule has 0 unspecified atom stereocenters. The maximum atomic E-state index is 5.55. The SMILES string of the molecule is Cc1noc(C)c1-c1cnc2nc(CN)[nH]c2c1. The Hall–Kier alpha value is -2.21. The van der Waals surface area contributed by atoms with Crippen LogP contribution in [0.25, 0.3) is 22.3 Å². The minimum atomic E-state index is 0.372. The van der Waals surface area contributed by atoms with Gasteiger partial charge in [0.15, 0.2) is 5.65 Å². The second-order valence-corrected chi connectivity index (χ2v) is 4.18. The highest BCUT2D eigenvalue weighted by atomic mass is 16.5. The molecule has 6 nitrogen and oxygen atoms in total. The molecular weight excluding hydrogens is 230 g/mol. The van der Waals surface area contributed by atoms with Crippen molar-refractivity contribution < 1.29 is 4.52 Å². The maximum absolute atomic E-state index is 5.55. The number of pyridine rings is 1. The zero-order valence-corrected chi connectivity index (χ0v) is 10.2. The van der Waals surface area contributed by atoms with Gasteiger partial charge in [0.2, 0.25) is 0 Å². The number of H-pyrrole nitrogens is 1. The summed E-state index contributed by atoms with van der Waals surface area (Å²) in [4.78, 5) is 11.7. The van der Waals surface area contributed by atoms with Gasteiger partial charge >= 0.3 is 0 Å². The smallest absolute Gasteiger partial charge is 0.177 e. The second kappa shape index (κ2) is 3.92. The molecule has 0 bridgehead atoms. The Morgan fingerprint density at radius 2 is 2.22 bits per heavy atom. The van der Waals surface area contributed by atoms with Gasteiger partial charge in [-0.1, -0.05) is 5.16 Å². The third kappa shape index (κ3) is 1.58. The van der Waals surface area contributed by atoms with E-state index in [0.717, 1.165) is 33.9 Å². The van der Waals surface area contributed by atoms with Crippen LogP contribution in [-0.2, 0) is 6.54 Å². The number of hydrogen-bond acceptors (Lipinski definition) is 5. The summed E-state index contributed by atoms with van der Waals surface area (Å²) in [6.45, 7) is 4.17. The molecule has 3 aromatic rings. The van der Waals surface area contributed by atoms with Crippen LogP contribution in [0.1, 0.15) is 17.3 Å². The molecule has 3 heterocycles. The van der Waals surface area contributed by atoms with Gasteiger partial charge in [0.25, 0.3) is 0 Å². The molecule has 18 heavy (non-hydrogen) atoms. The monoisotopic (exact) mass is 243 g/mol. The summed E-state index contributed by atoms with van der Waals surface area (Å²) < 4.78 is 5.16. The molecule has 0 aliphatic heterocycles. The lowest BCUT2D eigenvalue weighted by Crippen LogP contribution is -1.97. The molecule has 6 heteroatoms. The Kier molecular flexibility index (Phi) is 2.38. The quantitative estimate of drug-likeness (QED) is 0.714. The van der Waals surface area contributed by atoms with Gasteiger partial charge in [-0.3, -0.25) is 0 Å². The van der Waals surface area contributed by atoms with Gasteiger partial charge < -0.3 is 15.2 Å². The second-order valence-electron chi connectivity index (χ2n) is 4.18. The zero-order valence-electron chi connectivity index (χ0n) is 10.2. The summed E-state index contributed by atoms with van der Waals surface area (Å²) in [6.07, 6.45) is 1.77. The van der Waals surface area contributed by atoms with Crippen molar-refractivity contribution in [3.05, 3.63) is 29.5 Å². The Morgan fingerprint density at radius 1 is 1.39 bits per heavy atom. The third-order valence-corrected chi connectivity index (χ3v) is 2.90. The molecule has 0 saturated heterocycles. The number of aromatic amines is 1. The number of aromatic nitrogens is 4. The molecule has 92 valence electrons. The Bertz CT molecular complexity index is 693. The highest BCUT2D eigenvalue weighted by Crippen LogP contribution is 2.27. The Labute approximate surface area is 103 Å². The topological polar surface area (TPSA) is 93.6 Å². The molecule has 0 spiro atoms. The Balaban J connectivity index is 2.19. The predicted octanol–water partition coefficient (Wildman–Crippen LogP) is 1.69. The van der Waals surface area contributed by atoms with Crippen LogP contribution in [-0.4, -0.2) is 20.1 Å². The van der Waals surface area contributed by atoms with E-state index in [2.05, 4.69) is 20.1 Å². The highest BCUT2D eigenvalue weighted by molar-refractivity contribution is 5.79. The number of nitrogens with two attached hydrogens (primary N) is 1. The largest absolute Gasteiger partial charge is 0.361 e. The van der Waals surface area contributed by atoms with Gasteiger partial charge in [-0.25, -0.2) is 9.97 Å². The lowest BCUT2D eigenvalue weighted by Gasteiger charge is -1.99. The minimum absolute atomic E-state index is 0.372. The first-order valence-corrected chi connectivity index (χ1v) is 5.67. The zero-order chi connectivity index (χ0) is 12.7. The number of rotatable bonds is 2. The maximum Gasteiger partial charge on any atom is 0.177 e. The van der Waals surface area contributed by atoms with E-state index in [1.54, 1.807) is 6.20 Å². The van der Waals surface area contributed by atoms with Gasteiger partial charge in [-0.05, 0) is 19.9 Å². The predicted molar refractivity (Wildman–Crippen MR) is 66.8 cm³/mol. The molecule has 0 amide bonds. The van der Waals surface area contributed by atoms with Crippen LogP contribution in [0.15, 0.2) is 16.8 Å². The third-order valence-electron chi connectivity index (χ3n) is 2.90.